The first-order valence-corrected chi connectivity index (χ1v) is 9.75. The van der Waals surface area contributed by atoms with Gasteiger partial charge in [0.25, 0.3) is 0 Å². The van der Waals surface area contributed by atoms with Crippen molar-refractivity contribution in [1.82, 2.24) is 4.90 Å². The molecular weight excluding hydrogens is 386 g/mol. The number of benzene rings is 2. The van der Waals surface area contributed by atoms with E-state index < -0.39 is 5.97 Å². The van der Waals surface area contributed by atoms with Crippen LogP contribution >= 0.6 is 0 Å². The summed E-state index contributed by atoms with van der Waals surface area (Å²) in [4.78, 5) is 26.7. The molecule has 0 spiro atoms. The molecule has 156 valence electrons. The van der Waals surface area contributed by atoms with Crippen molar-refractivity contribution in [1.29, 1.82) is 0 Å². The van der Waals surface area contributed by atoms with Crippen LogP contribution < -0.4 is 14.9 Å². The van der Waals surface area contributed by atoms with E-state index in [1.165, 1.54) is 13.4 Å². The van der Waals surface area contributed by atoms with E-state index in [0.29, 0.717) is 41.5 Å². The van der Waals surface area contributed by atoms with Crippen molar-refractivity contribution in [2.24, 2.45) is 5.92 Å². The minimum Gasteiger partial charge on any atom is -0.478 e. The molecule has 0 fully saturated rings. The Labute approximate surface area is 173 Å². The molecule has 0 saturated carbocycles. The maximum Gasteiger partial charge on any atom is 0.337 e. The van der Waals surface area contributed by atoms with Crippen molar-refractivity contribution in [2.45, 2.75) is 20.4 Å². The molecule has 1 aliphatic heterocycles. The number of fused-ring (bicyclic) bond motifs is 3. The topological polar surface area (TPSA) is 78.2 Å². The SMILES string of the molecule is COC(=O)c1ccc(Oc2coc3c4c(ccc3c2=O)OCN(CC(C)C)C4)cc1. The van der Waals surface area contributed by atoms with Crippen molar-refractivity contribution in [3.63, 3.8) is 0 Å². The Morgan fingerprint density at radius 2 is 1.93 bits per heavy atom. The molecule has 0 radical (unpaired) electrons. The van der Waals surface area contributed by atoms with Crippen LogP contribution in [0.2, 0.25) is 0 Å². The predicted octanol–water partition coefficient (Wildman–Crippen LogP) is 4.18. The molecule has 30 heavy (non-hydrogen) atoms. The summed E-state index contributed by atoms with van der Waals surface area (Å²) in [6.07, 6.45) is 1.32. The van der Waals surface area contributed by atoms with Crippen LogP contribution in [0, 0.1) is 5.92 Å². The van der Waals surface area contributed by atoms with Crippen molar-refractivity contribution in [2.75, 3.05) is 20.4 Å². The third-order valence-electron chi connectivity index (χ3n) is 4.88. The molecular formula is C23H23NO6. The minimum absolute atomic E-state index is 0.0732. The fourth-order valence-corrected chi connectivity index (χ4v) is 3.54. The zero-order valence-corrected chi connectivity index (χ0v) is 17.1. The first-order valence-electron chi connectivity index (χ1n) is 9.75. The van der Waals surface area contributed by atoms with Gasteiger partial charge in [-0.15, -0.1) is 0 Å². The van der Waals surface area contributed by atoms with E-state index in [0.717, 1.165) is 17.9 Å². The normalized spacial score (nSPS) is 13.7. The van der Waals surface area contributed by atoms with E-state index in [4.69, 9.17) is 13.9 Å². The number of esters is 1. The summed E-state index contributed by atoms with van der Waals surface area (Å²) in [5.74, 6) is 1.29. The minimum atomic E-state index is -0.440. The van der Waals surface area contributed by atoms with E-state index in [-0.39, 0.29) is 11.2 Å². The maximum absolute atomic E-state index is 13.0. The Balaban J connectivity index is 1.64. The van der Waals surface area contributed by atoms with Crippen LogP contribution in [-0.2, 0) is 11.3 Å². The molecule has 2 heterocycles. The van der Waals surface area contributed by atoms with Gasteiger partial charge in [-0.25, -0.2) is 4.79 Å². The standard InChI is InChI=1S/C23H23NO6/c1-14(2)10-24-11-18-19(29-13-24)9-8-17-21(25)20(12-28-22(17)18)30-16-6-4-15(5-7-16)23(26)27-3/h4-9,12,14H,10-11,13H2,1-3H3. The first-order chi connectivity index (χ1) is 14.5. The highest BCUT2D eigenvalue weighted by molar-refractivity contribution is 5.89. The lowest BCUT2D eigenvalue weighted by Gasteiger charge is -2.30. The van der Waals surface area contributed by atoms with Gasteiger partial charge >= 0.3 is 5.97 Å². The summed E-state index contributed by atoms with van der Waals surface area (Å²) in [6.45, 7) is 6.37. The van der Waals surface area contributed by atoms with E-state index in [1.54, 1.807) is 36.4 Å². The maximum atomic E-state index is 13.0. The molecule has 0 unspecified atom stereocenters. The Bertz CT molecular complexity index is 1130. The molecule has 0 saturated heterocycles. The number of nitrogens with zero attached hydrogens (tertiary/aromatic N) is 1. The second-order valence-electron chi connectivity index (χ2n) is 7.64. The van der Waals surface area contributed by atoms with Crippen LogP contribution in [0.25, 0.3) is 11.0 Å². The smallest absolute Gasteiger partial charge is 0.337 e. The molecule has 1 aliphatic rings. The van der Waals surface area contributed by atoms with Gasteiger partial charge in [0.1, 0.15) is 30.1 Å². The van der Waals surface area contributed by atoms with Gasteiger partial charge in [0.15, 0.2) is 0 Å². The summed E-state index contributed by atoms with van der Waals surface area (Å²) >= 11 is 0. The summed E-state index contributed by atoms with van der Waals surface area (Å²) in [5.41, 5.74) is 1.51. The highest BCUT2D eigenvalue weighted by atomic mass is 16.5. The molecule has 0 bridgehead atoms. The van der Waals surface area contributed by atoms with Crippen LogP contribution in [0.4, 0.5) is 0 Å². The average molecular weight is 409 g/mol. The largest absolute Gasteiger partial charge is 0.478 e. The summed E-state index contributed by atoms with van der Waals surface area (Å²) < 4.78 is 22.0. The third kappa shape index (κ3) is 3.89. The third-order valence-corrected chi connectivity index (χ3v) is 4.88. The van der Waals surface area contributed by atoms with Crippen LogP contribution in [0.1, 0.15) is 29.8 Å². The lowest BCUT2D eigenvalue weighted by molar-refractivity contribution is 0.0600. The second-order valence-corrected chi connectivity index (χ2v) is 7.64. The molecule has 1 aromatic heterocycles. The molecule has 4 rings (SSSR count). The van der Waals surface area contributed by atoms with Gasteiger partial charge in [-0.2, -0.15) is 0 Å². The molecule has 3 aromatic rings. The summed E-state index contributed by atoms with van der Waals surface area (Å²) in [7, 11) is 1.32. The summed E-state index contributed by atoms with van der Waals surface area (Å²) in [6, 6.07) is 9.84. The van der Waals surface area contributed by atoms with Gasteiger partial charge < -0.3 is 18.6 Å². The number of rotatable bonds is 5. The van der Waals surface area contributed by atoms with Crippen molar-refractivity contribution in [3.8, 4) is 17.2 Å². The highest BCUT2D eigenvalue weighted by Gasteiger charge is 2.23. The number of methoxy groups -OCH3 is 1. The Kier molecular flexibility index (Phi) is 5.46. The lowest BCUT2D eigenvalue weighted by Crippen LogP contribution is -2.34. The van der Waals surface area contributed by atoms with Crippen LogP contribution in [-0.4, -0.2) is 31.3 Å². The molecule has 0 aliphatic carbocycles. The van der Waals surface area contributed by atoms with E-state index in [1.807, 2.05) is 0 Å². The molecule has 2 aromatic carbocycles. The monoisotopic (exact) mass is 409 g/mol. The highest BCUT2D eigenvalue weighted by Crippen LogP contribution is 2.33. The van der Waals surface area contributed by atoms with Gasteiger partial charge in [0.05, 0.1) is 23.6 Å². The van der Waals surface area contributed by atoms with Gasteiger partial charge in [0.2, 0.25) is 11.2 Å². The molecule has 0 atom stereocenters. The zero-order chi connectivity index (χ0) is 21.3. The molecule has 7 heteroatoms. The van der Waals surface area contributed by atoms with Crippen molar-refractivity contribution >= 4 is 16.9 Å². The van der Waals surface area contributed by atoms with Crippen molar-refractivity contribution < 1.29 is 23.4 Å². The number of carbonyl (C=O) groups excluding carboxylic acids is 1. The van der Waals surface area contributed by atoms with Gasteiger partial charge in [-0.1, -0.05) is 13.8 Å². The fraction of sp³-hybridized carbons (Fsp3) is 0.304. The molecule has 0 N–H and O–H groups in total. The van der Waals surface area contributed by atoms with E-state index >= 15 is 0 Å². The molecule has 7 nitrogen and oxygen atoms in total. The quantitative estimate of drug-likeness (QED) is 0.585. The molecule has 0 amide bonds. The van der Waals surface area contributed by atoms with E-state index in [2.05, 4.69) is 23.5 Å². The number of hydrogen-bond donors (Lipinski definition) is 0. The van der Waals surface area contributed by atoms with Gasteiger partial charge in [-0.05, 0) is 42.3 Å². The van der Waals surface area contributed by atoms with Gasteiger partial charge in [-0.3, -0.25) is 9.69 Å². The Morgan fingerprint density at radius 3 is 2.63 bits per heavy atom. The van der Waals surface area contributed by atoms with Crippen molar-refractivity contribution in [3.05, 3.63) is 64.0 Å². The van der Waals surface area contributed by atoms with Crippen LogP contribution in [0.15, 0.2) is 51.9 Å². The van der Waals surface area contributed by atoms with Gasteiger partial charge in [0, 0.05) is 13.1 Å². The Morgan fingerprint density at radius 1 is 1.17 bits per heavy atom. The number of carbonyl (C=O) groups is 1. The van der Waals surface area contributed by atoms with E-state index in [9.17, 15) is 9.59 Å². The first kappa shape index (κ1) is 20.0. The number of hydrogen-bond acceptors (Lipinski definition) is 7. The van der Waals surface area contributed by atoms with Crippen LogP contribution in [0.3, 0.4) is 0 Å². The number of ether oxygens (including phenoxy) is 3. The second kappa shape index (κ2) is 8.20. The fourth-order valence-electron chi connectivity index (χ4n) is 3.54. The van der Waals surface area contributed by atoms with Crippen LogP contribution in [0.5, 0.6) is 17.2 Å². The Hall–Kier alpha value is -3.32. The lowest BCUT2D eigenvalue weighted by atomic mass is 10.1. The zero-order valence-electron chi connectivity index (χ0n) is 17.1. The average Bonchev–Trinajstić information content (AvgIpc) is 2.75. The predicted molar refractivity (Wildman–Crippen MR) is 111 cm³/mol. The summed E-state index contributed by atoms with van der Waals surface area (Å²) in [5, 5.41) is 0.437.